The summed E-state index contributed by atoms with van der Waals surface area (Å²) < 4.78 is 0.381. The minimum atomic E-state index is 0.381. The maximum Gasteiger partial charge on any atom is 0.0798 e. The van der Waals surface area contributed by atoms with Crippen LogP contribution in [0.1, 0.15) is 30.3 Å². The Morgan fingerprint density at radius 2 is 2.43 bits per heavy atom. The Bertz CT molecular complexity index is 320. The molecule has 1 unspecified atom stereocenters. The number of rotatable bonds is 4. The van der Waals surface area contributed by atoms with Crippen molar-refractivity contribution in [2.75, 3.05) is 0 Å². The highest BCUT2D eigenvalue weighted by atomic mass is 79.9. The number of nitrogens with one attached hydrogen (secondary N) is 1. The molecule has 2 rings (SSSR count). The SMILES string of the molecule is Cc1ncsc1CNC(C)C1(Br)CC1. The van der Waals surface area contributed by atoms with E-state index in [1.54, 1.807) is 11.3 Å². The lowest BCUT2D eigenvalue weighted by molar-refractivity contribution is 0.528. The molecule has 1 aromatic rings. The van der Waals surface area contributed by atoms with Crippen LogP contribution >= 0.6 is 27.3 Å². The normalized spacial score (nSPS) is 20.8. The molecule has 0 spiro atoms. The van der Waals surface area contributed by atoms with E-state index in [1.807, 2.05) is 5.51 Å². The molecule has 2 nitrogen and oxygen atoms in total. The van der Waals surface area contributed by atoms with Gasteiger partial charge in [0.05, 0.1) is 11.2 Å². The number of hydrogen-bond acceptors (Lipinski definition) is 3. The second-order valence-corrected chi connectivity index (χ2v) is 6.52. The first kappa shape index (κ1) is 10.6. The van der Waals surface area contributed by atoms with Crippen molar-refractivity contribution in [3.63, 3.8) is 0 Å². The van der Waals surface area contributed by atoms with E-state index >= 15 is 0 Å². The minimum absolute atomic E-state index is 0.381. The van der Waals surface area contributed by atoms with Gasteiger partial charge < -0.3 is 5.32 Å². The fraction of sp³-hybridized carbons (Fsp3) is 0.700. The van der Waals surface area contributed by atoms with Crippen molar-refractivity contribution in [3.8, 4) is 0 Å². The van der Waals surface area contributed by atoms with Gasteiger partial charge >= 0.3 is 0 Å². The number of aryl methyl sites for hydroxylation is 1. The molecule has 1 aliphatic carbocycles. The van der Waals surface area contributed by atoms with E-state index in [9.17, 15) is 0 Å². The van der Waals surface area contributed by atoms with Crippen LogP contribution in [0.25, 0.3) is 0 Å². The monoisotopic (exact) mass is 274 g/mol. The third-order valence-corrected chi connectivity index (χ3v) is 5.33. The van der Waals surface area contributed by atoms with Crippen LogP contribution in [0.4, 0.5) is 0 Å². The number of hydrogen-bond donors (Lipinski definition) is 1. The first-order valence-corrected chi connectivity index (χ1v) is 6.60. The fourth-order valence-electron chi connectivity index (χ4n) is 1.48. The molecular weight excluding hydrogens is 260 g/mol. The van der Waals surface area contributed by atoms with Crippen molar-refractivity contribution < 1.29 is 0 Å². The van der Waals surface area contributed by atoms with Crippen LogP contribution in [-0.2, 0) is 6.54 Å². The molecule has 1 aliphatic rings. The van der Waals surface area contributed by atoms with E-state index in [0.29, 0.717) is 10.4 Å². The molecule has 1 saturated carbocycles. The van der Waals surface area contributed by atoms with Crippen molar-refractivity contribution in [2.45, 2.75) is 43.6 Å². The zero-order valence-electron chi connectivity index (χ0n) is 8.51. The number of nitrogens with zero attached hydrogens (tertiary/aromatic N) is 1. The average Bonchev–Trinajstić information content (AvgIpc) is 2.77. The molecule has 1 N–H and O–H groups in total. The van der Waals surface area contributed by atoms with Gasteiger partial charge in [0, 0.05) is 21.8 Å². The summed E-state index contributed by atoms with van der Waals surface area (Å²) >= 11 is 5.50. The van der Waals surface area contributed by atoms with Crippen molar-refractivity contribution >= 4 is 27.3 Å². The quantitative estimate of drug-likeness (QED) is 0.855. The van der Waals surface area contributed by atoms with Crippen molar-refractivity contribution in [1.82, 2.24) is 10.3 Å². The summed E-state index contributed by atoms with van der Waals surface area (Å²) in [6.07, 6.45) is 2.59. The Morgan fingerprint density at radius 3 is 2.93 bits per heavy atom. The van der Waals surface area contributed by atoms with Gasteiger partial charge in [-0.25, -0.2) is 4.98 Å². The Kier molecular flexibility index (Phi) is 2.96. The topological polar surface area (TPSA) is 24.9 Å². The van der Waals surface area contributed by atoms with Crippen molar-refractivity contribution in [1.29, 1.82) is 0 Å². The number of thiazole rings is 1. The van der Waals surface area contributed by atoms with Crippen LogP contribution in [0.5, 0.6) is 0 Å². The Morgan fingerprint density at radius 1 is 1.71 bits per heavy atom. The van der Waals surface area contributed by atoms with Crippen LogP contribution in [-0.4, -0.2) is 15.4 Å². The molecule has 0 amide bonds. The zero-order valence-corrected chi connectivity index (χ0v) is 10.9. The number of aromatic nitrogens is 1. The average molecular weight is 275 g/mol. The van der Waals surface area contributed by atoms with Gasteiger partial charge in [-0.05, 0) is 26.7 Å². The molecule has 1 atom stereocenters. The highest BCUT2D eigenvalue weighted by molar-refractivity contribution is 9.10. The predicted molar refractivity (Wildman–Crippen MR) is 64.0 cm³/mol. The Hall–Kier alpha value is 0.0700. The second-order valence-electron chi connectivity index (χ2n) is 4.00. The van der Waals surface area contributed by atoms with Crippen LogP contribution in [0.2, 0.25) is 0 Å². The van der Waals surface area contributed by atoms with Crippen LogP contribution in [0, 0.1) is 6.92 Å². The van der Waals surface area contributed by atoms with E-state index in [1.165, 1.54) is 17.7 Å². The summed E-state index contributed by atoms with van der Waals surface area (Å²) in [5, 5.41) is 3.55. The largest absolute Gasteiger partial charge is 0.308 e. The van der Waals surface area contributed by atoms with E-state index in [0.717, 1.165) is 12.2 Å². The Balaban J connectivity index is 1.85. The van der Waals surface area contributed by atoms with E-state index in [-0.39, 0.29) is 0 Å². The third-order valence-electron chi connectivity index (χ3n) is 2.92. The molecule has 0 saturated heterocycles. The summed E-state index contributed by atoms with van der Waals surface area (Å²) in [6.45, 7) is 5.27. The van der Waals surface area contributed by atoms with Gasteiger partial charge in [0.25, 0.3) is 0 Å². The molecule has 1 aromatic heterocycles. The van der Waals surface area contributed by atoms with E-state index in [4.69, 9.17) is 0 Å². The molecular formula is C10H15BrN2S. The molecule has 78 valence electrons. The molecule has 0 bridgehead atoms. The molecule has 0 aliphatic heterocycles. The van der Waals surface area contributed by atoms with Gasteiger partial charge in [0.1, 0.15) is 0 Å². The van der Waals surface area contributed by atoms with Crippen LogP contribution < -0.4 is 5.32 Å². The lowest BCUT2D eigenvalue weighted by atomic mass is 10.2. The smallest absolute Gasteiger partial charge is 0.0798 e. The van der Waals surface area contributed by atoms with Gasteiger partial charge in [0.15, 0.2) is 0 Å². The van der Waals surface area contributed by atoms with Crippen molar-refractivity contribution in [2.24, 2.45) is 0 Å². The molecule has 1 heterocycles. The summed E-state index contributed by atoms with van der Waals surface area (Å²) in [5.74, 6) is 0. The zero-order chi connectivity index (χ0) is 10.2. The summed E-state index contributed by atoms with van der Waals surface area (Å²) in [4.78, 5) is 5.59. The van der Waals surface area contributed by atoms with Gasteiger partial charge in [0.2, 0.25) is 0 Å². The molecule has 0 aromatic carbocycles. The van der Waals surface area contributed by atoms with Crippen LogP contribution in [0.15, 0.2) is 5.51 Å². The predicted octanol–water partition coefficient (Wildman–Crippen LogP) is 2.86. The van der Waals surface area contributed by atoms with Gasteiger partial charge in [-0.1, -0.05) is 15.9 Å². The first-order valence-electron chi connectivity index (χ1n) is 4.93. The molecule has 0 radical (unpaired) electrons. The highest BCUT2D eigenvalue weighted by Crippen LogP contribution is 2.47. The van der Waals surface area contributed by atoms with Crippen molar-refractivity contribution in [3.05, 3.63) is 16.1 Å². The van der Waals surface area contributed by atoms with Gasteiger partial charge in [-0.3, -0.25) is 0 Å². The van der Waals surface area contributed by atoms with E-state index in [2.05, 4.69) is 40.1 Å². The standard InChI is InChI=1S/C10H15BrN2S/c1-7-9(14-6-13-7)5-12-8(2)10(11)3-4-10/h6,8,12H,3-5H2,1-2H3. The lowest BCUT2D eigenvalue weighted by Crippen LogP contribution is -2.34. The minimum Gasteiger partial charge on any atom is -0.308 e. The Labute approximate surface area is 97.3 Å². The number of alkyl halides is 1. The summed E-state index contributed by atoms with van der Waals surface area (Å²) in [5.41, 5.74) is 3.08. The second kappa shape index (κ2) is 3.91. The van der Waals surface area contributed by atoms with E-state index < -0.39 is 0 Å². The molecule has 14 heavy (non-hydrogen) atoms. The van der Waals surface area contributed by atoms with Crippen LogP contribution in [0.3, 0.4) is 0 Å². The summed E-state index contributed by atoms with van der Waals surface area (Å²) in [7, 11) is 0. The third kappa shape index (κ3) is 2.18. The molecule has 4 heteroatoms. The van der Waals surface area contributed by atoms with Gasteiger partial charge in [-0.15, -0.1) is 11.3 Å². The van der Waals surface area contributed by atoms with Gasteiger partial charge in [-0.2, -0.15) is 0 Å². The fourth-order valence-corrected chi connectivity index (χ4v) is 2.57. The molecule has 1 fully saturated rings. The first-order chi connectivity index (χ1) is 6.62. The number of halogens is 1. The maximum atomic E-state index is 4.24. The summed E-state index contributed by atoms with van der Waals surface area (Å²) in [6, 6.07) is 0.545. The maximum absolute atomic E-state index is 4.24. The highest BCUT2D eigenvalue weighted by Gasteiger charge is 2.44. The lowest BCUT2D eigenvalue weighted by Gasteiger charge is -2.18.